The number of carbonyl (C=O) groups is 1. The van der Waals surface area contributed by atoms with E-state index in [0.29, 0.717) is 30.1 Å². The Bertz CT molecular complexity index is 1270. The van der Waals surface area contributed by atoms with Crippen molar-refractivity contribution in [2.75, 3.05) is 13.1 Å². The first-order valence-corrected chi connectivity index (χ1v) is 10.4. The third kappa shape index (κ3) is 3.72. The third-order valence-corrected chi connectivity index (χ3v) is 6.01. The molecule has 3 aromatic heterocycles. The zero-order chi connectivity index (χ0) is 21.2. The number of fused-ring (bicyclic) bond motifs is 1. The largest absolute Gasteiger partial charge is 0.342 e. The highest BCUT2D eigenvalue weighted by atomic mass is 16.2. The van der Waals surface area contributed by atoms with Gasteiger partial charge in [-0.15, -0.1) is 0 Å². The number of aromatic nitrogens is 5. The maximum Gasteiger partial charge on any atom is 0.272 e. The monoisotopic (exact) mass is 414 g/mol. The third-order valence-electron chi connectivity index (χ3n) is 6.01. The summed E-state index contributed by atoms with van der Waals surface area (Å²) in [5, 5.41) is 15.4. The van der Waals surface area contributed by atoms with Gasteiger partial charge in [-0.05, 0) is 36.6 Å². The van der Waals surface area contributed by atoms with E-state index in [2.05, 4.69) is 25.4 Å². The Morgan fingerprint density at radius 3 is 2.55 bits per heavy atom. The second-order valence-electron chi connectivity index (χ2n) is 7.81. The molecule has 31 heavy (non-hydrogen) atoms. The van der Waals surface area contributed by atoms with Crippen molar-refractivity contribution in [3.63, 3.8) is 0 Å². The number of pyridine rings is 1. The summed E-state index contributed by atoms with van der Waals surface area (Å²) >= 11 is 0. The zero-order valence-electron chi connectivity index (χ0n) is 16.9. The van der Waals surface area contributed by atoms with Crippen molar-refractivity contribution in [3.8, 4) is 11.1 Å². The van der Waals surface area contributed by atoms with E-state index in [0.717, 1.165) is 35.0 Å². The van der Waals surface area contributed by atoms with E-state index in [1.807, 2.05) is 41.4 Å². The average Bonchev–Trinajstić information content (AvgIpc) is 3.32. The number of likely N-dealkylation sites (tertiary alicyclic amines) is 1. The molecule has 1 aliphatic heterocycles. The topological polar surface area (TPSA) is 108 Å². The second-order valence-corrected chi connectivity index (χ2v) is 7.81. The minimum Gasteiger partial charge on any atom is -0.342 e. The lowest BCUT2D eigenvalue weighted by molar-refractivity contribution is -0.131. The van der Waals surface area contributed by atoms with E-state index in [1.54, 1.807) is 18.5 Å². The Morgan fingerprint density at radius 1 is 1.03 bits per heavy atom. The Kier molecular flexibility index (Phi) is 5.03. The first-order valence-electron chi connectivity index (χ1n) is 10.4. The molecule has 0 saturated carbocycles. The summed E-state index contributed by atoms with van der Waals surface area (Å²) in [6, 6.07) is 11.2. The molecule has 1 saturated heterocycles. The summed E-state index contributed by atoms with van der Waals surface area (Å²) < 4.78 is 0. The van der Waals surface area contributed by atoms with E-state index in [-0.39, 0.29) is 17.9 Å². The van der Waals surface area contributed by atoms with Crippen LogP contribution in [0.15, 0.2) is 59.8 Å². The molecule has 0 bridgehead atoms. The molecule has 4 aromatic rings. The van der Waals surface area contributed by atoms with Crippen LogP contribution in [-0.2, 0) is 11.2 Å². The van der Waals surface area contributed by atoms with Crippen LogP contribution in [0.25, 0.3) is 21.9 Å². The number of nitrogens with zero attached hydrogens (tertiary/aromatic N) is 4. The average molecular weight is 414 g/mol. The molecule has 8 heteroatoms. The van der Waals surface area contributed by atoms with Crippen LogP contribution in [0.2, 0.25) is 0 Å². The Hall–Kier alpha value is -3.81. The molecule has 156 valence electrons. The molecule has 1 aliphatic rings. The van der Waals surface area contributed by atoms with E-state index >= 15 is 0 Å². The molecular formula is C23H22N6O2. The van der Waals surface area contributed by atoms with Crippen molar-refractivity contribution in [1.29, 1.82) is 0 Å². The van der Waals surface area contributed by atoms with Gasteiger partial charge in [0.2, 0.25) is 5.91 Å². The van der Waals surface area contributed by atoms with Crippen molar-refractivity contribution in [1.82, 2.24) is 30.3 Å². The van der Waals surface area contributed by atoms with Crippen LogP contribution in [0, 0.1) is 0 Å². The SMILES string of the molecule is O=C(Cc1n[nH]c(=O)c2ccccc12)N1CCC(c2[nH]ncc2-c2ccncc2)CC1. The van der Waals surface area contributed by atoms with E-state index in [9.17, 15) is 9.59 Å². The Labute approximate surface area is 178 Å². The first-order chi connectivity index (χ1) is 15.2. The quantitative estimate of drug-likeness (QED) is 0.534. The van der Waals surface area contributed by atoms with Gasteiger partial charge in [-0.1, -0.05) is 18.2 Å². The van der Waals surface area contributed by atoms with Gasteiger partial charge in [-0.3, -0.25) is 19.7 Å². The van der Waals surface area contributed by atoms with Crippen LogP contribution in [0.3, 0.4) is 0 Å². The molecule has 1 fully saturated rings. The number of hydrogen-bond donors (Lipinski definition) is 2. The van der Waals surface area contributed by atoms with Gasteiger partial charge in [0.1, 0.15) is 0 Å². The van der Waals surface area contributed by atoms with Crippen molar-refractivity contribution >= 4 is 16.7 Å². The smallest absolute Gasteiger partial charge is 0.272 e. The number of hydrogen-bond acceptors (Lipinski definition) is 5. The molecule has 0 radical (unpaired) electrons. The van der Waals surface area contributed by atoms with Gasteiger partial charge in [0.05, 0.1) is 23.7 Å². The minimum atomic E-state index is -0.239. The summed E-state index contributed by atoms with van der Waals surface area (Å²) in [4.78, 5) is 30.9. The number of carbonyl (C=O) groups excluding carboxylic acids is 1. The molecule has 4 heterocycles. The van der Waals surface area contributed by atoms with Crippen LogP contribution >= 0.6 is 0 Å². The van der Waals surface area contributed by atoms with Crippen molar-refractivity contribution in [2.24, 2.45) is 0 Å². The molecule has 0 aliphatic carbocycles. The number of aromatic amines is 2. The van der Waals surface area contributed by atoms with Crippen molar-refractivity contribution in [2.45, 2.75) is 25.2 Å². The van der Waals surface area contributed by atoms with Crippen LogP contribution in [-0.4, -0.2) is 49.3 Å². The van der Waals surface area contributed by atoms with Crippen LogP contribution < -0.4 is 5.56 Å². The van der Waals surface area contributed by atoms with Crippen LogP contribution in [0.1, 0.15) is 30.1 Å². The molecule has 8 nitrogen and oxygen atoms in total. The van der Waals surface area contributed by atoms with E-state index in [4.69, 9.17) is 0 Å². The molecule has 0 spiro atoms. The molecule has 2 N–H and O–H groups in total. The highest BCUT2D eigenvalue weighted by Gasteiger charge is 2.27. The second kappa shape index (κ2) is 8.14. The molecule has 0 atom stereocenters. The summed E-state index contributed by atoms with van der Waals surface area (Å²) in [6.07, 6.45) is 7.32. The highest BCUT2D eigenvalue weighted by molar-refractivity contribution is 5.88. The molecule has 1 aromatic carbocycles. The Balaban J connectivity index is 1.28. The molecular weight excluding hydrogens is 392 g/mol. The maximum atomic E-state index is 12.9. The number of amides is 1. The van der Waals surface area contributed by atoms with Crippen LogP contribution in [0.4, 0.5) is 0 Å². The normalized spacial score (nSPS) is 14.8. The van der Waals surface area contributed by atoms with Gasteiger partial charge >= 0.3 is 0 Å². The predicted octanol–water partition coefficient (Wildman–Crippen LogP) is 2.66. The van der Waals surface area contributed by atoms with Gasteiger partial charge in [-0.25, -0.2) is 5.10 Å². The fraction of sp³-hybridized carbons (Fsp3) is 0.261. The van der Waals surface area contributed by atoms with Crippen LogP contribution in [0.5, 0.6) is 0 Å². The summed E-state index contributed by atoms with van der Waals surface area (Å²) in [5.74, 6) is 0.351. The number of nitrogens with one attached hydrogen (secondary N) is 2. The minimum absolute atomic E-state index is 0.0297. The molecule has 0 unspecified atom stereocenters. The summed E-state index contributed by atoms with van der Waals surface area (Å²) in [6.45, 7) is 1.36. The molecule has 5 rings (SSSR count). The summed E-state index contributed by atoms with van der Waals surface area (Å²) in [7, 11) is 0. The van der Waals surface area contributed by atoms with Gasteiger partial charge in [-0.2, -0.15) is 10.2 Å². The zero-order valence-corrected chi connectivity index (χ0v) is 16.9. The number of rotatable bonds is 4. The first kappa shape index (κ1) is 19.2. The van der Waals surface area contributed by atoms with Gasteiger partial charge < -0.3 is 4.90 Å². The van der Waals surface area contributed by atoms with Gasteiger partial charge in [0, 0.05) is 48.0 Å². The van der Waals surface area contributed by atoms with E-state index in [1.165, 1.54) is 0 Å². The highest BCUT2D eigenvalue weighted by Crippen LogP contribution is 2.33. The lowest BCUT2D eigenvalue weighted by Gasteiger charge is -2.32. The molecule has 1 amide bonds. The fourth-order valence-corrected chi connectivity index (χ4v) is 4.35. The van der Waals surface area contributed by atoms with Gasteiger partial charge in [0.25, 0.3) is 5.56 Å². The fourth-order valence-electron chi connectivity index (χ4n) is 4.35. The van der Waals surface area contributed by atoms with Gasteiger partial charge in [0.15, 0.2) is 0 Å². The van der Waals surface area contributed by atoms with Crippen molar-refractivity contribution < 1.29 is 4.79 Å². The lowest BCUT2D eigenvalue weighted by atomic mass is 9.89. The summed E-state index contributed by atoms with van der Waals surface area (Å²) in [5.41, 5.74) is 3.67. The van der Waals surface area contributed by atoms with Crippen molar-refractivity contribution in [3.05, 3.63) is 76.7 Å². The number of piperidine rings is 1. The maximum absolute atomic E-state index is 12.9. The standard InChI is InChI=1S/C23H22N6O2/c30-21(13-20-17-3-1-2-4-18(17)23(31)28-26-20)29-11-7-16(8-12-29)22-19(14-25-27-22)15-5-9-24-10-6-15/h1-6,9-10,14,16H,7-8,11-13H2,(H,25,27)(H,28,31). The number of H-pyrrole nitrogens is 2. The predicted molar refractivity (Wildman–Crippen MR) is 116 cm³/mol. The Morgan fingerprint density at radius 2 is 1.77 bits per heavy atom. The van der Waals surface area contributed by atoms with E-state index < -0.39 is 0 Å². The lowest BCUT2D eigenvalue weighted by Crippen LogP contribution is -2.39. The number of benzene rings is 1.